The highest BCUT2D eigenvalue weighted by Gasteiger charge is 2.32. The predicted molar refractivity (Wildman–Crippen MR) is 104 cm³/mol. The molecule has 0 aliphatic carbocycles. The Kier molecular flexibility index (Phi) is 7.88. The summed E-state index contributed by atoms with van der Waals surface area (Å²) in [5, 5.41) is 15.5. The molecule has 0 bridgehead atoms. The second-order valence-corrected chi connectivity index (χ2v) is 7.54. The summed E-state index contributed by atoms with van der Waals surface area (Å²) in [5.41, 5.74) is -0.444. The largest absolute Gasteiger partial charge is 0.336 e. The molecule has 8 heteroatoms. The zero-order valence-corrected chi connectivity index (χ0v) is 17.1. The van der Waals surface area contributed by atoms with Crippen molar-refractivity contribution < 1.29 is 9.59 Å². The molecule has 1 rings (SSSR count). The maximum atomic E-state index is 12.4. The van der Waals surface area contributed by atoms with E-state index in [9.17, 15) is 14.9 Å². The van der Waals surface area contributed by atoms with Gasteiger partial charge in [-0.3, -0.25) is 14.5 Å². The molecule has 2 N–H and O–H groups in total. The maximum absolute atomic E-state index is 12.4. The highest BCUT2D eigenvalue weighted by molar-refractivity contribution is 6.42. The number of nitrogens with zero attached hydrogens (tertiary/aromatic N) is 2. The van der Waals surface area contributed by atoms with Crippen molar-refractivity contribution in [2.75, 3.05) is 18.9 Å². The molecule has 0 saturated heterocycles. The summed E-state index contributed by atoms with van der Waals surface area (Å²) in [6.07, 6.45) is 0. The number of likely N-dealkylation sites (N-methyl/N-ethyl adjacent to an activating group) is 1. The molecular weight excluding hydrogens is 375 g/mol. The third-order valence-corrected chi connectivity index (χ3v) is 5.15. The molecule has 0 heterocycles. The van der Waals surface area contributed by atoms with Crippen LogP contribution in [0.15, 0.2) is 18.2 Å². The van der Waals surface area contributed by atoms with Gasteiger partial charge in [-0.15, -0.1) is 0 Å². The lowest BCUT2D eigenvalue weighted by atomic mass is 9.90. The van der Waals surface area contributed by atoms with E-state index in [0.29, 0.717) is 15.7 Å². The number of rotatable bonds is 7. The minimum absolute atomic E-state index is 0.000220. The van der Waals surface area contributed by atoms with Gasteiger partial charge in [0, 0.05) is 5.69 Å². The van der Waals surface area contributed by atoms with Crippen LogP contribution in [-0.4, -0.2) is 41.9 Å². The molecule has 0 aliphatic rings. The van der Waals surface area contributed by atoms with E-state index in [1.165, 1.54) is 0 Å². The van der Waals surface area contributed by atoms with Crippen LogP contribution in [0.4, 0.5) is 5.69 Å². The van der Waals surface area contributed by atoms with E-state index >= 15 is 0 Å². The lowest BCUT2D eigenvalue weighted by Gasteiger charge is -2.31. The number of nitriles is 1. The van der Waals surface area contributed by atoms with Crippen LogP contribution >= 0.6 is 23.2 Å². The van der Waals surface area contributed by atoms with Crippen LogP contribution in [0.3, 0.4) is 0 Å². The van der Waals surface area contributed by atoms with Gasteiger partial charge in [0.25, 0.3) is 0 Å². The molecule has 2 amide bonds. The summed E-state index contributed by atoms with van der Waals surface area (Å²) >= 11 is 11.8. The summed E-state index contributed by atoms with van der Waals surface area (Å²) in [6.45, 7) is 7.09. The Labute approximate surface area is 164 Å². The van der Waals surface area contributed by atoms with Crippen molar-refractivity contribution in [1.82, 2.24) is 10.2 Å². The predicted octanol–water partition coefficient (Wildman–Crippen LogP) is 3.31. The zero-order chi connectivity index (χ0) is 20.1. The Morgan fingerprint density at radius 2 is 1.88 bits per heavy atom. The molecule has 2 atom stereocenters. The van der Waals surface area contributed by atoms with E-state index < -0.39 is 11.6 Å². The first-order chi connectivity index (χ1) is 12.0. The SMILES string of the molecule is CC(C(=O)NC(C)(C#N)C(C)C)N(C)CC(=O)Nc1ccc(Cl)c(Cl)c1. The summed E-state index contributed by atoms with van der Waals surface area (Å²) in [4.78, 5) is 26.2. The average molecular weight is 399 g/mol. The fourth-order valence-electron chi connectivity index (χ4n) is 2.00. The van der Waals surface area contributed by atoms with Crippen LogP contribution in [0.2, 0.25) is 10.0 Å². The van der Waals surface area contributed by atoms with Crippen LogP contribution < -0.4 is 10.6 Å². The molecule has 0 aliphatic heterocycles. The van der Waals surface area contributed by atoms with Crippen LogP contribution in [-0.2, 0) is 9.59 Å². The Morgan fingerprint density at radius 3 is 2.38 bits per heavy atom. The van der Waals surface area contributed by atoms with E-state index in [-0.39, 0.29) is 24.3 Å². The number of nitrogens with one attached hydrogen (secondary N) is 2. The van der Waals surface area contributed by atoms with E-state index in [1.807, 2.05) is 13.8 Å². The first kappa shape index (κ1) is 22.2. The molecule has 2 unspecified atom stereocenters. The van der Waals surface area contributed by atoms with Crippen LogP contribution in [0.1, 0.15) is 27.7 Å². The van der Waals surface area contributed by atoms with Gasteiger partial charge >= 0.3 is 0 Å². The van der Waals surface area contributed by atoms with Gasteiger partial charge in [-0.25, -0.2) is 0 Å². The lowest BCUT2D eigenvalue weighted by Crippen LogP contribution is -2.55. The lowest BCUT2D eigenvalue weighted by molar-refractivity contribution is -0.128. The van der Waals surface area contributed by atoms with Crippen molar-refractivity contribution in [2.45, 2.75) is 39.3 Å². The standard InChI is InChI=1S/C18H24Cl2N4O2/c1-11(2)18(4,10-21)23-17(26)12(3)24(5)9-16(25)22-13-6-7-14(19)15(20)8-13/h6-8,11-12H,9H2,1-5H3,(H,22,25)(H,23,26). The van der Waals surface area contributed by atoms with Crippen LogP contribution in [0, 0.1) is 17.2 Å². The van der Waals surface area contributed by atoms with Gasteiger partial charge < -0.3 is 10.6 Å². The summed E-state index contributed by atoms with van der Waals surface area (Å²) in [6, 6.07) is 6.34. The Balaban J connectivity index is 2.66. The van der Waals surface area contributed by atoms with E-state index in [2.05, 4.69) is 16.7 Å². The second kappa shape index (κ2) is 9.22. The number of hydrogen-bond donors (Lipinski definition) is 2. The van der Waals surface area contributed by atoms with Crippen molar-refractivity contribution in [3.05, 3.63) is 28.2 Å². The van der Waals surface area contributed by atoms with Gasteiger partial charge in [0.1, 0.15) is 5.54 Å². The van der Waals surface area contributed by atoms with Gasteiger partial charge in [0.15, 0.2) is 0 Å². The van der Waals surface area contributed by atoms with E-state index in [0.717, 1.165) is 0 Å². The summed E-state index contributed by atoms with van der Waals surface area (Å²) < 4.78 is 0. The van der Waals surface area contributed by atoms with Crippen molar-refractivity contribution in [1.29, 1.82) is 5.26 Å². The maximum Gasteiger partial charge on any atom is 0.238 e. The fraction of sp³-hybridized carbons (Fsp3) is 0.500. The quantitative estimate of drug-likeness (QED) is 0.737. The molecule has 0 spiro atoms. The minimum atomic E-state index is -0.964. The van der Waals surface area contributed by atoms with Gasteiger partial charge in [-0.1, -0.05) is 37.0 Å². The normalized spacial score (nSPS) is 14.5. The first-order valence-electron chi connectivity index (χ1n) is 8.18. The van der Waals surface area contributed by atoms with E-state index in [4.69, 9.17) is 23.2 Å². The molecular formula is C18H24Cl2N4O2. The van der Waals surface area contributed by atoms with Gasteiger partial charge in [0.05, 0.1) is 28.7 Å². The van der Waals surface area contributed by atoms with Crippen molar-refractivity contribution in [2.24, 2.45) is 5.92 Å². The third kappa shape index (κ3) is 5.87. The molecule has 0 radical (unpaired) electrons. The molecule has 0 saturated carbocycles. The molecule has 142 valence electrons. The van der Waals surface area contributed by atoms with Crippen molar-refractivity contribution >= 4 is 40.7 Å². The second-order valence-electron chi connectivity index (χ2n) is 6.73. The van der Waals surface area contributed by atoms with Gasteiger partial charge in [-0.05, 0) is 45.0 Å². The number of halogens is 2. The van der Waals surface area contributed by atoms with E-state index in [1.54, 1.807) is 44.0 Å². The van der Waals surface area contributed by atoms with Crippen molar-refractivity contribution in [3.8, 4) is 6.07 Å². The molecule has 0 aromatic heterocycles. The number of carbonyl (C=O) groups excluding carboxylic acids is 2. The molecule has 6 nitrogen and oxygen atoms in total. The number of anilines is 1. The van der Waals surface area contributed by atoms with Crippen LogP contribution in [0.25, 0.3) is 0 Å². The first-order valence-corrected chi connectivity index (χ1v) is 8.94. The minimum Gasteiger partial charge on any atom is -0.336 e. The fourth-order valence-corrected chi connectivity index (χ4v) is 2.30. The Hall–Kier alpha value is -1.81. The molecule has 1 aromatic rings. The molecule has 1 aromatic carbocycles. The highest BCUT2D eigenvalue weighted by Crippen LogP contribution is 2.25. The van der Waals surface area contributed by atoms with Gasteiger partial charge in [-0.2, -0.15) is 5.26 Å². The molecule has 26 heavy (non-hydrogen) atoms. The number of carbonyl (C=O) groups is 2. The molecule has 0 fully saturated rings. The van der Waals surface area contributed by atoms with Crippen molar-refractivity contribution in [3.63, 3.8) is 0 Å². The highest BCUT2D eigenvalue weighted by atomic mass is 35.5. The smallest absolute Gasteiger partial charge is 0.238 e. The topological polar surface area (TPSA) is 85.2 Å². The van der Waals surface area contributed by atoms with Crippen LogP contribution in [0.5, 0.6) is 0 Å². The number of benzene rings is 1. The Bertz CT molecular complexity index is 718. The third-order valence-electron chi connectivity index (χ3n) is 4.41. The monoisotopic (exact) mass is 398 g/mol. The summed E-state index contributed by atoms with van der Waals surface area (Å²) in [7, 11) is 1.66. The summed E-state index contributed by atoms with van der Waals surface area (Å²) in [5.74, 6) is -0.656. The zero-order valence-electron chi connectivity index (χ0n) is 15.6. The number of hydrogen-bond acceptors (Lipinski definition) is 4. The number of amides is 2. The average Bonchev–Trinajstić information content (AvgIpc) is 2.56. The Morgan fingerprint density at radius 1 is 1.27 bits per heavy atom. The van der Waals surface area contributed by atoms with Gasteiger partial charge in [0.2, 0.25) is 11.8 Å².